The Kier molecular flexibility index (Phi) is 5.55. The minimum Gasteiger partial charge on any atom is -0.370 e. The van der Waals surface area contributed by atoms with Gasteiger partial charge in [0.2, 0.25) is 0 Å². The summed E-state index contributed by atoms with van der Waals surface area (Å²) >= 11 is 0. The molecule has 12 heteroatoms. The van der Waals surface area contributed by atoms with Crippen LogP contribution in [0.3, 0.4) is 0 Å². The van der Waals surface area contributed by atoms with Crippen LogP contribution < -0.4 is 0 Å². The van der Waals surface area contributed by atoms with Gasteiger partial charge in [0.15, 0.2) is 0 Å². The van der Waals surface area contributed by atoms with Gasteiger partial charge < -0.3 is 18.9 Å². The largest absolute Gasteiger partial charge is 0.426 e. The van der Waals surface area contributed by atoms with Crippen molar-refractivity contribution < 1.29 is 54.1 Å². The zero-order valence-electron chi connectivity index (χ0n) is 15.8. The Morgan fingerprint density at radius 1 is 0.567 bits per heavy atom. The van der Waals surface area contributed by atoms with Crippen molar-refractivity contribution in [3.63, 3.8) is 0 Å². The highest BCUT2D eigenvalue weighted by Crippen LogP contribution is 2.54. The molecule has 0 spiro atoms. The molecule has 2 aliphatic carbocycles. The second-order valence-corrected chi connectivity index (χ2v) is 8.59. The van der Waals surface area contributed by atoms with Crippen LogP contribution in [0.15, 0.2) is 0 Å². The van der Waals surface area contributed by atoms with Gasteiger partial charge in [-0.2, -0.15) is 35.1 Å². The van der Waals surface area contributed by atoms with Gasteiger partial charge in [-0.05, 0) is 50.4 Å². The number of alkyl halides is 8. The summed E-state index contributed by atoms with van der Waals surface area (Å²) in [6.45, 7) is -1.94. The van der Waals surface area contributed by atoms with Gasteiger partial charge in [0.25, 0.3) is 0 Å². The van der Waals surface area contributed by atoms with Crippen molar-refractivity contribution in [3.05, 3.63) is 0 Å². The molecule has 0 radical (unpaired) electrons. The molecular weight excluding hydrogens is 432 g/mol. The molecule has 2 saturated heterocycles. The van der Waals surface area contributed by atoms with Crippen LogP contribution in [0, 0.1) is 11.8 Å². The number of epoxide rings is 2. The smallest absolute Gasteiger partial charge is 0.370 e. The van der Waals surface area contributed by atoms with E-state index in [1.165, 1.54) is 0 Å². The fourth-order valence-corrected chi connectivity index (χ4v) is 4.27. The molecule has 4 fully saturated rings. The molecular formula is C18H22F8O4. The third-order valence-corrected chi connectivity index (χ3v) is 6.35. The maximum atomic E-state index is 13.9. The summed E-state index contributed by atoms with van der Waals surface area (Å²) in [6.07, 6.45) is -9.80. The van der Waals surface area contributed by atoms with E-state index in [9.17, 15) is 35.1 Å². The summed E-state index contributed by atoms with van der Waals surface area (Å²) < 4.78 is 129. The molecule has 4 aliphatic rings. The lowest BCUT2D eigenvalue weighted by molar-refractivity contribution is -0.464. The molecule has 6 unspecified atom stereocenters. The van der Waals surface area contributed by atoms with Gasteiger partial charge in [0.1, 0.15) is 0 Å². The highest BCUT2D eigenvalue weighted by Gasteiger charge is 2.82. The molecule has 0 amide bonds. The standard InChI is InChI=1S/C18H22F8O4/c19-15(20,17(23,24)27-7-9-1-3-11-13(5-9)29-11)16(21,22)18(25,26)28-8-10-2-4-12-14(6-10)30-12/h9-14H,1-8H2. The van der Waals surface area contributed by atoms with Gasteiger partial charge in [-0.1, -0.05) is 0 Å². The predicted molar refractivity (Wildman–Crippen MR) is 83.7 cm³/mol. The van der Waals surface area contributed by atoms with Crippen LogP contribution in [0.5, 0.6) is 0 Å². The molecule has 2 aliphatic heterocycles. The second-order valence-electron chi connectivity index (χ2n) is 8.59. The average Bonchev–Trinajstić information content (AvgIpc) is 3.58. The van der Waals surface area contributed by atoms with E-state index in [-0.39, 0.29) is 37.3 Å². The number of ether oxygens (including phenoxy) is 4. The van der Waals surface area contributed by atoms with Crippen molar-refractivity contribution in [2.75, 3.05) is 13.2 Å². The minimum absolute atomic E-state index is 0.00454. The van der Waals surface area contributed by atoms with Crippen LogP contribution in [0.25, 0.3) is 0 Å². The van der Waals surface area contributed by atoms with E-state index < -0.39 is 49.1 Å². The first kappa shape index (κ1) is 22.5. The van der Waals surface area contributed by atoms with Crippen LogP contribution in [-0.4, -0.2) is 61.7 Å². The van der Waals surface area contributed by atoms with Gasteiger partial charge >= 0.3 is 24.1 Å². The number of rotatable bonds is 9. The first-order chi connectivity index (χ1) is 13.8. The molecule has 4 rings (SSSR count). The van der Waals surface area contributed by atoms with E-state index in [4.69, 9.17) is 9.47 Å². The highest BCUT2D eigenvalue weighted by atomic mass is 19.4. The average molecular weight is 454 g/mol. The number of hydrogen-bond acceptors (Lipinski definition) is 4. The molecule has 2 heterocycles. The summed E-state index contributed by atoms with van der Waals surface area (Å²) in [5.74, 6) is -14.2. The summed E-state index contributed by atoms with van der Waals surface area (Å²) in [5, 5.41) is 0. The van der Waals surface area contributed by atoms with Gasteiger partial charge in [-0.15, -0.1) is 0 Å². The van der Waals surface area contributed by atoms with Crippen molar-refractivity contribution in [1.29, 1.82) is 0 Å². The van der Waals surface area contributed by atoms with Crippen LogP contribution in [0.2, 0.25) is 0 Å². The molecule has 0 aromatic heterocycles. The van der Waals surface area contributed by atoms with Gasteiger partial charge in [-0.3, -0.25) is 0 Å². The summed E-state index contributed by atoms with van der Waals surface area (Å²) in [7, 11) is 0. The van der Waals surface area contributed by atoms with Crippen LogP contribution in [0.1, 0.15) is 38.5 Å². The lowest BCUT2D eigenvalue weighted by atomic mass is 9.90. The summed E-state index contributed by atoms with van der Waals surface area (Å²) in [5.41, 5.74) is 0. The van der Waals surface area contributed by atoms with Gasteiger partial charge in [-0.25, -0.2) is 0 Å². The maximum Gasteiger partial charge on any atom is 0.426 e. The topological polar surface area (TPSA) is 43.5 Å². The lowest BCUT2D eigenvalue weighted by Gasteiger charge is -2.36. The highest BCUT2D eigenvalue weighted by molar-refractivity contribution is 4.98. The normalized spacial score (nSPS) is 36.8. The van der Waals surface area contributed by atoms with Gasteiger partial charge in [0, 0.05) is 0 Å². The fraction of sp³-hybridized carbons (Fsp3) is 1.00. The van der Waals surface area contributed by atoms with Crippen molar-refractivity contribution in [3.8, 4) is 0 Å². The number of fused-ring (bicyclic) bond motifs is 2. The maximum absolute atomic E-state index is 13.9. The Morgan fingerprint density at radius 3 is 1.27 bits per heavy atom. The molecule has 0 N–H and O–H groups in total. The molecule has 0 aromatic carbocycles. The summed E-state index contributed by atoms with van der Waals surface area (Å²) in [6, 6.07) is 0. The van der Waals surface area contributed by atoms with Crippen LogP contribution in [0.4, 0.5) is 35.1 Å². The van der Waals surface area contributed by atoms with E-state index in [1.54, 1.807) is 0 Å². The monoisotopic (exact) mass is 454 g/mol. The van der Waals surface area contributed by atoms with Gasteiger partial charge in [0.05, 0.1) is 37.6 Å². The predicted octanol–water partition coefficient (Wildman–Crippen LogP) is 4.61. The Hall–Kier alpha value is -0.720. The molecule has 6 atom stereocenters. The Labute approximate surface area is 167 Å². The van der Waals surface area contributed by atoms with Crippen LogP contribution in [-0.2, 0) is 18.9 Å². The Balaban J connectivity index is 1.34. The zero-order chi connectivity index (χ0) is 21.9. The van der Waals surface area contributed by atoms with E-state index in [1.807, 2.05) is 0 Å². The zero-order valence-corrected chi connectivity index (χ0v) is 15.8. The van der Waals surface area contributed by atoms with Crippen LogP contribution >= 0.6 is 0 Å². The SMILES string of the molecule is FC(F)(OCC1CCC2OC2C1)C(F)(F)C(F)(F)C(F)(F)OCC1CCC2OC2C1. The van der Waals surface area contributed by atoms with Crippen molar-refractivity contribution in [2.45, 2.75) is 87.0 Å². The first-order valence-corrected chi connectivity index (χ1v) is 9.94. The molecule has 174 valence electrons. The second kappa shape index (κ2) is 7.41. The quantitative estimate of drug-likeness (QED) is 0.377. The number of hydrogen-bond donors (Lipinski definition) is 0. The lowest BCUT2D eigenvalue weighted by Crippen LogP contribution is -2.64. The van der Waals surface area contributed by atoms with Crippen molar-refractivity contribution in [1.82, 2.24) is 0 Å². The van der Waals surface area contributed by atoms with E-state index >= 15 is 0 Å². The van der Waals surface area contributed by atoms with E-state index in [0.717, 1.165) is 0 Å². The third-order valence-electron chi connectivity index (χ3n) is 6.35. The van der Waals surface area contributed by atoms with Crippen molar-refractivity contribution >= 4 is 0 Å². The molecule has 30 heavy (non-hydrogen) atoms. The first-order valence-electron chi connectivity index (χ1n) is 9.94. The molecule has 2 saturated carbocycles. The fourth-order valence-electron chi connectivity index (χ4n) is 4.27. The van der Waals surface area contributed by atoms with Crippen molar-refractivity contribution in [2.24, 2.45) is 11.8 Å². The summed E-state index contributed by atoms with van der Waals surface area (Å²) in [4.78, 5) is 0. The molecule has 4 nitrogen and oxygen atoms in total. The van der Waals surface area contributed by atoms with E-state index in [2.05, 4.69) is 9.47 Å². The Bertz CT molecular complexity index is 592. The molecule has 0 aromatic rings. The Morgan fingerprint density at radius 2 is 0.933 bits per heavy atom. The minimum atomic E-state index is -6.49. The molecule has 0 bridgehead atoms. The number of halogens is 8. The van der Waals surface area contributed by atoms with E-state index in [0.29, 0.717) is 25.7 Å². The third kappa shape index (κ3) is 4.04.